The largest absolute Gasteiger partial charge is 0.484 e. The van der Waals surface area contributed by atoms with Gasteiger partial charge in [0.05, 0.1) is 33.9 Å². The second-order valence-electron chi connectivity index (χ2n) is 9.84. The average Bonchev–Trinajstić information content (AvgIpc) is 2.99. The Morgan fingerprint density at radius 3 is 2.60 bits per heavy atom. The highest BCUT2D eigenvalue weighted by molar-refractivity contribution is 7.99. The molecule has 6 rings (SSSR count). The van der Waals surface area contributed by atoms with E-state index in [1.54, 1.807) is 10.6 Å². The molecule has 42 heavy (non-hydrogen) atoms. The SMILES string of the molecule is O=C(O)/C=C/C(=O)O.O=c1ccc2ncc(F)c3c2n1[C@H](CN1CCC(NCc2cc4c(nn2)OCCO4)CC1)CS3. The number of rotatable bonds is 7. The summed E-state index contributed by atoms with van der Waals surface area (Å²) >= 11 is 1.48. The monoisotopic (exact) mass is 600 g/mol. The number of carboxylic acid groups (broad SMARTS) is 2. The third-order valence-electron chi connectivity index (χ3n) is 6.99. The predicted octanol–water partition coefficient (Wildman–Crippen LogP) is 1.71. The highest BCUT2D eigenvalue weighted by Crippen LogP contribution is 2.37. The number of fused-ring (bicyclic) bond motifs is 1. The molecule has 0 amide bonds. The van der Waals surface area contributed by atoms with E-state index in [1.807, 2.05) is 6.07 Å². The van der Waals surface area contributed by atoms with E-state index in [9.17, 15) is 18.8 Å². The molecule has 15 heteroatoms. The number of aliphatic carboxylic acids is 2. The maximum atomic E-state index is 14.3. The van der Waals surface area contributed by atoms with Gasteiger partial charge in [-0.15, -0.1) is 16.9 Å². The lowest BCUT2D eigenvalue weighted by atomic mass is 10.0. The molecule has 3 aliphatic rings. The van der Waals surface area contributed by atoms with Crippen molar-refractivity contribution in [1.82, 2.24) is 30.0 Å². The summed E-state index contributed by atoms with van der Waals surface area (Å²) in [4.78, 5) is 39.0. The summed E-state index contributed by atoms with van der Waals surface area (Å²) in [5, 5.41) is 27.5. The number of thioether (sulfide) groups is 1. The average molecular weight is 601 g/mol. The molecule has 0 radical (unpaired) electrons. The molecule has 1 atom stereocenters. The summed E-state index contributed by atoms with van der Waals surface area (Å²) in [7, 11) is 0. The standard InChI is InChI=1S/C23H25FN6O3S.C4H4O4/c24-17-11-26-18-1-2-20(31)30-16(13-34-22(17)21(18)30)12-29-5-3-14(4-6-29)25-10-15-9-19-23(28-27-15)33-8-7-32-19;5-3(6)1-2-4(7)8/h1-2,9,11,14,16,25H,3-8,10,12-13H2;1-2H,(H,5,6)(H,7,8)/b;2-1+/t16-;/m1./s1. The van der Waals surface area contributed by atoms with Crippen LogP contribution in [0.15, 0.2) is 46.2 Å². The zero-order chi connectivity index (χ0) is 29.6. The summed E-state index contributed by atoms with van der Waals surface area (Å²) < 4.78 is 27.1. The van der Waals surface area contributed by atoms with E-state index < -0.39 is 11.9 Å². The van der Waals surface area contributed by atoms with Crippen molar-refractivity contribution in [2.75, 3.05) is 38.6 Å². The second kappa shape index (κ2) is 13.3. The van der Waals surface area contributed by atoms with Gasteiger partial charge in [-0.25, -0.2) is 14.0 Å². The molecule has 3 aromatic heterocycles. The molecule has 0 saturated carbocycles. The molecular formula is C27H29FN6O7S. The van der Waals surface area contributed by atoms with Gasteiger partial charge in [-0.3, -0.25) is 9.78 Å². The van der Waals surface area contributed by atoms with Crippen LogP contribution in [0, 0.1) is 5.82 Å². The fourth-order valence-corrected chi connectivity index (χ4v) is 6.19. The summed E-state index contributed by atoms with van der Waals surface area (Å²) in [5.41, 5.74) is 2.03. The van der Waals surface area contributed by atoms with Crippen LogP contribution in [0.5, 0.6) is 11.6 Å². The molecular weight excluding hydrogens is 571 g/mol. The Kier molecular flexibility index (Phi) is 9.29. The Morgan fingerprint density at radius 2 is 1.86 bits per heavy atom. The number of likely N-dealkylation sites (tertiary alicyclic amines) is 1. The van der Waals surface area contributed by atoms with E-state index in [0.29, 0.717) is 71.3 Å². The number of hydrogen-bond donors (Lipinski definition) is 3. The van der Waals surface area contributed by atoms with Gasteiger partial charge >= 0.3 is 11.9 Å². The summed E-state index contributed by atoms with van der Waals surface area (Å²) in [6.45, 7) is 4.29. The Balaban J connectivity index is 0.000000390. The number of carbonyl (C=O) groups is 2. The number of halogens is 1. The summed E-state index contributed by atoms with van der Waals surface area (Å²) in [6, 6.07) is 5.49. The first-order valence-corrected chi connectivity index (χ1v) is 14.3. The van der Waals surface area contributed by atoms with E-state index >= 15 is 0 Å². The van der Waals surface area contributed by atoms with Crippen LogP contribution >= 0.6 is 11.8 Å². The van der Waals surface area contributed by atoms with Crippen LogP contribution in [-0.4, -0.2) is 91.4 Å². The highest BCUT2D eigenvalue weighted by Gasteiger charge is 2.29. The van der Waals surface area contributed by atoms with Crippen LogP contribution in [0.4, 0.5) is 4.39 Å². The van der Waals surface area contributed by atoms with Crippen molar-refractivity contribution < 1.29 is 33.7 Å². The summed E-state index contributed by atoms with van der Waals surface area (Å²) in [6.07, 6.45) is 4.37. The number of ether oxygens (including phenoxy) is 2. The van der Waals surface area contributed by atoms with Crippen molar-refractivity contribution >= 4 is 34.7 Å². The molecule has 3 N–H and O–H groups in total. The molecule has 1 saturated heterocycles. The van der Waals surface area contributed by atoms with Gasteiger partial charge in [0, 0.05) is 49.2 Å². The molecule has 1 fully saturated rings. The molecule has 13 nitrogen and oxygen atoms in total. The Labute approximate surface area is 243 Å². The first-order chi connectivity index (χ1) is 20.3. The molecule has 6 heterocycles. The van der Waals surface area contributed by atoms with Gasteiger partial charge in [0.1, 0.15) is 13.2 Å². The molecule has 3 aromatic rings. The molecule has 0 bridgehead atoms. The van der Waals surface area contributed by atoms with Crippen LogP contribution in [0.3, 0.4) is 0 Å². The quantitative estimate of drug-likeness (QED) is 0.336. The van der Waals surface area contributed by atoms with Gasteiger partial charge in [0.15, 0.2) is 11.6 Å². The zero-order valence-corrected chi connectivity index (χ0v) is 23.3. The van der Waals surface area contributed by atoms with Gasteiger partial charge in [-0.05, 0) is 32.0 Å². The Morgan fingerprint density at radius 1 is 1.12 bits per heavy atom. The molecule has 3 aliphatic heterocycles. The minimum Gasteiger partial charge on any atom is -0.484 e. The van der Waals surface area contributed by atoms with Gasteiger partial charge in [0.2, 0.25) is 0 Å². The Bertz CT molecular complexity index is 1540. The van der Waals surface area contributed by atoms with Crippen LogP contribution in [0.1, 0.15) is 24.6 Å². The smallest absolute Gasteiger partial charge is 0.328 e. The minimum absolute atomic E-state index is 0.00482. The first-order valence-electron chi connectivity index (χ1n) is 13.3. The molecule has 222 valence electrons. The third kappa shape index (κ3) is 7.03. The van der Waals surface area contributed by atoms with Crippen LogP contribution in [-0.2, 0) is 16.1 Å². The predicted molar refractivity (Wildman–Crippen MR) is 149 cm³/mol. The van der Waals surface area contributed by atoms with Crippen LogP contribution in [0.25, 0.3) is 11.0 Å². The van der Waals surface area contributed by atoms with E-state index in [-0.39, 0.29) is 17.4 Å². The molecule has 0 aliphatic carbocycles. The number of carboxylic acids is 2. The Hall–Kier alpha value is -4.08. The topological polar surface area (TPSA) is 169 Å². The van der Waals surface area contributed by atoms with Gasteiger partial charge in [0.25, 0.3) is 11.4 Å². The minimum atomic E-state index is -1.26. The highest BCUT2D eigenvalue weighted by atomic mass is 32.2. The lowest BCUT2D eigenvalue weighted by molar-refractivity contribution is -0.134. The van der Waals surface area contributed by atoms with E-state index in [0.717, 1.165) is 38.2 Å². The second-order valence-corrected chi connectivity index (χ2v) is 10.9. The van der Waals surface area contributed by atoms with Crippen LogP contribution < -0.4 is 20.3 Å². The zero-order valence-electron chi connectivity index (χ0n) is 22.4. The lowest BCUT2D eigenvalue weighted by Gasteiger charge is -2.36. The van der Waals surface area contributed by atoms with Crippen molar-refractivity contribution in [2.24, 2.45) is 0 Å². The number of nitrogens with zero attached hydrogens (tertiary/aromatic N) is 5. The van der Waals surface area contributed by atoms with Crippen LogP contribution in [0.2, 0.25) is 0 Å². The maximum Gasteiger partial charge on any atom is 0.328 e. The van der Waals surface area contributed by atoms with Crippen molar-refractivity contribution in [3.63, 3.8) is 0 Å². The third-order valence-corrected chi connectivity index (χ3v) is 8.22. The fraction of sp³-hybridized carbons (Fsp3) is 0.407. The van der Waals surface area contributed by atoms with Gasteiger partial charge in [-0.2, -0.15) is 5.10 Å². The summed E-state index contributed by atoms with van der Waals surface area (Å²) in [5.74, 6) is -1.08. The van der Waals surface area contributed by atoms with Crippen molar-refractivity contribution in [3.8, 4) is 11.6 Å². The number of nitrogens with one attached hydrogen (secondary N) is 1. The van der Waals surface area contributed by atoms with Crippen molar-refractivity contribution in [2.45, 2.75) is 36.4 Å². The van der Waals surface area contributed by atoms with Crippen molar-refractivity contribution in [1.29, 1.82) is 0 Å². The van der Waals surface area contributed by atoms with Crippen molar-refractivity contribution in [3.05, 3.63) is 58.4 Å². The number of pyridine rings is 2. The van der Waals surface area contributed by atoms with E-state index in [2.05, 4.69) is 25.4 Å². The molecule has 0 aromatic carbocycles. The first kappa shape index (κ1) is 29.4. The normalized spacial score (nSPS) is 18.5. The lowest BCUT2D eigenvalue weighted by Crippen LogP contribution is -2.45. The molecule has 0 unspecified atom stereocenters. The fourth-order valence-electron chi connectivity index (χ4n) is 5.05. The van der Waals surface area contributed by atoms with Gasteiger partial charge < -0.3 is 34.5 Å². The van der Waals surface area contributed by atoms with E-state index in [4.69, 9.17) is 19.7 Å². The number of piperidine rings is 1. The number of hydrogen-bond acceptors (Lipinski definition) is 11. The van der Waals surface area contributed by atoms with Gasteiger partial charge in [-0.1, -0.05) is 0 Å². The maximum absolute atomic E-state index is 14.3. The molecule has 0 spiro atoms. The van der Waals surface area contributed by atoms with E-state index in [1.165, 1.54) is 24.0 Å². The number of aromatic nitrogens is 4.